The maximum Gasteiger partial charge on any atom is 0.321 e. The molecule has 0 aliphatic heterocycles. The standard InChI is InChI=1S/C4H4N2O3/c7-3-4(6-8)9-2-1-5-3/h1-2,8H,(H,5,7). The van der Waals surface area contributed by atoms with Crippen molar-refractivity contribution in [1.29, 1.82) is 0 Å². The smallest absolute Gasteiger partial charge is 0.321 e. The maximum atomic E-state index is 10.4. The Morgan fingerprint density at radius 3 is 3.00 bits per heavy atom. The molecule has 0 aliphatic carbocycles. The zero-order valence-corrected chi connectivity index (χ0v) is 4.37. The molecule has 1 aromatic rings. The van der Waals surface area contributed by atoms with Crippen LogP contribution < -0.4 is 11.1 Å². The van der Waals surface area contributed by atoms with Crippen molar-refractivity contribution in [2.24, 2.45) is 5.16 Å². The molecular formula is C4H4N2O3. The Balaban J connectivity index is 3.53. The summed E-state index contributed by atoms with van der Waals surface area (Å²) in [6, 6.07) is 0. The number of hydrogen-bond acceptors (Lipinski definition) is 4. The molecule has 0 spiro atoms. The van der Waals surface area contributed by atoms with Gasteiger partial charge in [0.25, 0.3) is 0 Å². The fourth-order valence-corrected chi connectivity index (χ4v) is 0.392. The number of H-pyrrole nitrogens is 1. The highest BCUT2D eigenvalue weighted by molar-refractivity contribution is 4.67. The average Bonchev–Trinajstić information content (AvgIpc) is 1.89. The van der Waals surface area contributed by atoms with E-state index in [1.165, 1.54) is 12.5 Å². The van der Waals surface area contributed by atoms with Crippen LogP contribution in [0.5, 0.6) is 0 Å². The van der Waals surface area contributed by atoms with Crippen LogP contribution in [0.4, 0.5) is 0 Å². The zero-order chi connectivity index (χ0) is 6.69. The van der Waals surface area contributed by atoms with Gasteiger partial charge in [0.05, 0.1) is 0 Å². The first-order valence-electron chi connectivity index (χ1n) is 2.19. The average molecular weight is 128 g/mol. The molecule has 9 heavy (non-hydrogen) atoms. The SMILES string of the molecule is O=c1[nH]ccoc1=NO. The highest BCUT2D eigenvalue weighted by Crippen LogP contribution is 1.61. The normalized spacial score (nSPS) is 11.8. The quantitative estimate of drug-likeness (QED) is 0.356. The van der Waals surface area contributed by atoms with E-state index in [2.05, 4.69) is 14.6 Å². The van der Waals surface area contributed by atoms with E-state index in [9.17, 15) is 4.79 Å². The van der Waals surface area contributed by atoms with Crippen LogP contribution in [0.15, 0.2) is 26.8 Å². The molecule has 1 rings (SSSR count). The number of rotatable bonds is 0. The Kier molecular flexibility index (Phi) is 1.35. The monoisotopic (exact) mass is 128 g/mol. The summed E-state index contributed by atoms with van der Waals surface area (Å²) >= 11 is 0. The van der Waals surface area contributed by atoms with Crippen LogP contribution in [-0.4, -0.2) is 10.2 Å². The summed E-state index contributed by atoms with van der Waals surface area (Å²) in [6.07, 6.45) is 2.51. The number of aromatic amines is 1. The van der Waals surface area contributed by atoms with Crippen LogP contribution in [0.25, 0.3) is 0 Å². The lowest BCUT2D eigenvalue weighted by Crippen LogP contribution is -2.25. The molecule has 5 nitrogen and oxygen atoms in total. The number of nitrogens with zero attached hydrogens (tertiary/aromatic N) is 1. The first kappa shape index (κ1) is 5.61. The molecule has 0 aromatic carbocycles. The third kappa shape index (κ3) is 0.987. The molecule has 48 valence electrons. The van der Waals surface area contributed by atoms with Gasteiger partial charge in [0.2, 0.25) is 0 Å². The fourth-order valence-electron chi connectivity index (χ4n) is 0.392. The summed E-state index contributed by atoms with van der Waals surface area (Å²) < 4.78 is 4.45. The lowest BCUT2D eigenvalue weighted by atomic mass is 10.8. The van der Waals surface area contributed by atoms with Crippen LogP contribution >= 0.6 is 0 Å². The van der Waals surface area contributed by atoms with Crippen molar-refractivity contribution in [3.63, 3.8) is 0 Å². The Labute approximate surface area is 49.3 Å². The summed E-state index contributed by atoms with van der Waals surface area (Å²) in [6.45, 7) is 0. The number of nitrogens with one attached hydrogen (secondary N) is 1. The van der Waals surface area contributed by atoms with Crippen molar-refractivity contribution in [3.05, 3.63) is 28.4 Å². The van der Waals surface area contributed by atoms with Gasteiger partial charge in [0.1, 0.15) is 6.26 Å². The fraction of sp³-hybridized carbons (Fsp3) is 0. The first-order chi connectivity index (χ1) is 4.34. The summed E-state index contributed by atoms with van der Waals surface area (Å²) in [7, 11) is 0. The molecular weight excluding hydrogens is 124 g/mol. The summed E-state index contributed by atoms with van der Waals surface area (Å²) in [5.41, 5.74) is -0.905. The van der Waals surface area contributed by atoms with E-state index >= 15 is 0 Å². The van der Waals surface area contributed by atoms with Gasteiger partial charge in [0.15, 0.2) is 0 Å². The lowest BCUT2D eigenvalue weighted by Gasteiger charge is -1.79. The van der Waals surface area contributed by atoms with Crippen LogP contribution in [0.2, 0.25) is 0 Å². The summed E-state index contributed by atoms with van der Waals surface area (Å²) in [5.74, 6) is 0. The minimum atomic E-state index is -0.556. The predicted molar refractivity (Wildman–Crippen MR) is 26.7 cm³/mol. The van der Waals surface area contributed by atoms with Gasteiger partial charge >= 0.3 is 11.1 Å². The topological polar surface area (TPSA) is 78.6 Å². The molecule has 0 atom stereocenters. The second-order valence-electron chi connectivity index (χ2n) is 1.30. The molecule has 2 N–H and O–H groups in total. The van der Waals surface area contributed by atoms with Crippen molar-refractivity contribution in [2.45, 2.75) is 0 Å². The Bertz CT molecular complexity index is 297. The predicted octanol–water partition coefficient (Wildman–Crippen LogP) is -0.742. The molecule has 0 saturated carbocycles. The molecule has 0 amide bonds. The van der Waals surface area contributed by atoms with Gasteiger partial charge < -0.3 is 14.6 Å². The van der Waals surface area contributed by atoms with Crippen molar-refractivity contribution < 1.29 is 9.62 Å². The van der Waals surface area contributed by atoms with E-state index in [4.69, 9.17) is 5.21 Å². The Morgan fingerprint density at radius 1 is 1.78 bits per heavy atom. The van der Waals surface area contributed by atoms with Crippen LogP contribution in [0, 0.1) is 0 Å². The van der Waals surface area contributed by atoms with E-state index in [-0.39, 0.29) is 5.55 Å². The molecule has 0 aliphatic rings. The molecule has 0 unspecified atom stereocenters. The van der Waals surface area contributed by atoms with E-state index in [1.54, 1.807) is 0 Å². The van der Waals surface area contributed by atoms with Gasteiger partial charge in [-0.2, -0.15) is 0 Å². The van der Waals surface area contributed by atoms with Crippen LogP contribution in [0.3, 0.4) is 0 Å². The third-order valence-corrected chi connectivity index (χ3v) is 0.747. The van der Waals surface area contributed by atoms with Gasteiger partial charge in [-0.15, -0.1) is 0 Å². The minimum Gasteiger partial charge on any atom is -0.439 e. The molecule has 0 bridgehead atoms. The molecule has 1 heterocycles. The van der Waals surface area contributed by atoms with Gasteiger partial charge in [0, 0.05) is 6.20 Å². The maximum absolute atomic E-state index is 10.4. The molecule has 5 heteroatoms. The number of hydrogen-bond donors (Lipinski definition) is 2. The van der Waals surface area contributed by atoms with Crippen molar-refractivity contribution in [3.8, 4) is 0 Å². The van der Waals surface area contributed by atoms with Gasteiger partial charge in [-0.1, -0.05) is 0 Å². The van der Waals surface area contributed by atoms with Crippen molar-refractivity contribution in [1.82, 2.24) is 4.98 Å². The highest BCUT2D eigenvalue weighted by Gasteiger charge is 1.86. The first-order valence-corrected chi connectivity index (χ1v) is 2.19. The molecule has 0 fully saturated rings. The lowest BCUT2D eigenvalue weighted by molar-refractivity contribution is 0.269. The summed E-state index contributed by atoms with van der Waals surface area (Å²) in [4.78, 5) is 12.7. The van der Waals surface area contributed by atoms with Gasteiger partial charge in [-0.25, -0.2) is 0 Å². The van der Waals surface area contributed by atoms with Gasteiger partial charge in [-0.3, -0.25) is 4.79 Å². The van der Waals surface area contributed by atoms with Crippen LogP contribution in [-0.2, 0) is 0 Å². The second kappa shape index (κ2) is 2.17. The van der Waals surface area contributed by atoms with E-state index < -0.39 is 5.56 Å². The van der Waals surface area contributed by atoms with Crippen molar-refractivity contribution >= 4 is 0 Å². The van der Waals surface area contributed by atoms with Crippen LogP contribution in [0.1, 0.15) is 0 Å². The Morgan fingerprint density at radius 2 is 2.56 bits per heavy atom. The molecule has 0 radical (unpaired) electrons. The largest absolute Gasteiger partial charge is 0.439 e. The third-order valence-electron chi connectivity index (χ3n) is 0.747. The second-order valence-corrected chi connectivity index (χ2v) is 1.30. The number of aromatic nitrogens is 1. The Hall–Kier alpha value is -1.52. The van der Waals surface area contributed by atoms with E-state index in [0.29, 0.717) is 0 Å². The molecule has 1 aromatic heterocycles. The molecule has 0 saturated heterocycles. The zero-order valence-electron chi connectivity index (χ0n) is 4.37. The van der Waals surface area contributed by atoms with Crippen molar-refractivity contribution in [2.75, 3.05) is 0 Å². The minimum absolute atomic E-state index is 0.350. The van der Waals surface area contributed by atoms with E-state index in [1.807, 2.05) is 0 Å². The van der Waals surface area contributed by atoms with Gasteiger partial charge in [-0.05, 0) is 5.16 Å². The van der Waals surface area contributed by atoms with E-state index in [0.717, 1.165) is 0 Å². The summed E-state index contributed by atoms with van der Waals surface area (Å²) in [5, 5.41) is 10.6. The highest BCUT2D eigenvalue weighted by atomic mass is 16.5.